The second kappa shape index (κ2) is 5.73. The van der Waals surface area contributed by atoms with Crippen molar-refractivity contribution in [1.29, 1.82) is 0 Å². The second-order valence-electron chi connectivity index (χ2n) is 4.97. The monoisotopic (exact) mass is 286 g/mol. The standard InChI is InChI=1S/C15H18N4S/c1-11-2-4-12(5-3-11)6-7-14-17-15-19(18-14)13(8-9-16)10-20-15/h2-5,10H,6-9,16H2,1H3. The Morgan fingerprint density at radius 2 is 1.95 bits per heavy atom. The van der Waals surface area contributed by atoms with Crippen LogP contribution >= 0.6 is 11.3 Å². The molecule has 0 unspecified atom stereocenters. The summed E-state index contributed by atoms with van der Waals surface area (Å²) >= 11 is 1.63. The zero-order valence-corrected chi connectivity index (χ0v) is 12.4. The molecule has 0 aliphatic carbocycles. The average molecular weight is 286 g/mol. The first kappa shape index (κ1) is 13.3. The van der Waals surface area contributed by atoms with Gasteiger partial charge in [0.25, 0.3) is 0 Å². The van der Waals surface area contributed by atoms with Gasteiger partial charge in [0.05, 0.1) is 5.69 Å². The Bertz CT molecular complexity index is 696. The summed E-state index contributed by atoms with van der Waals surface area (Å²) in [6.07, 6.45) is 2.70. The summed E-state index contributed by atoms with van der Waals surface area (Å²) in [5, 5.41) is 6.67. The molecule has 0 saturated carbocycles. The van der Waals surface area contributed by atoms with Crippen molar-refractivity contribution in [3.63, 3.8) is 0 Å². The zero-order chi connectivity index (χ0) is 13.9. The maximum Gasteiger partial charge on any atom is 0.212 e. The molecule has 0 aliphatic heterocycles. The molecule has 0 saturated heterocycles. The minimum atomic E-state index is 0.643. The van der Waals surface area contributed by atoms with E-state index in [4.69, 9.17) is 5.73 Å². The fourth-order valence-electron chi connectivity index (χ4n) is 2.20. The topological polar surface area (TPSA) is 56.2 Å². The highest BCUT2D eigenvalue weighted by atomic mass is 32.1. The predicted molar refractivity (Wildman–Crippen MR) is 82.2 cm³/mol. The van der Waals surface area contributed by atoms with Gasteiger partial charge in [-0.2, -0.15) is 5.10 Å². The number of aryl methyl sites for hydroxylation is 3. The Balaban J connectivity index is 1.72. The van der Waals surface area contributed by atoms with Gasteiger partial charge in [0.2, 0.25) is 4.96 Å². The molecule has 0 atom stereocenters. The third-order valence-corrected chi connectivity index (χ3v) is 4.22. The van der Waals surface area contributed by atoms with Crippen LogP contribution in [0.25, 0.3) is 4.96 Å². The van der Waals surface area contributed by atoms with E-state index in [1.807, 2.05) is 4.52 Å². The van der Waals surface area contributed by atoms with Gasteiger partial charge in [0.15, 0.2) is 5.82 Å². The number of nitrogens with zero attached hydrogens (tertiary/aromatic N) is 3. The fourth-order valence-corrected chi connectivity index (χ4v) is 3.08. The van der Waals surface area contributed by atoms with E-state index in [1.54, 1.807) is 11.3 Å². The van der Waals surface area contributed by atoms with E-state index < -0.39 is 0 Å². The van der Waals surface area contributed by atoms with Crippen LogP contribution in [0, 0.1) is 6.92 Å². The van der Waals surface area contributed by atoms with Crippen molar-refractivity contribution in [2.24, 2.45) is 5.73 Å². The lowest BCUT2D eigenvalue weighted by atomic mass is 10.1. The maximum absolute atomic E-state index is 5.61. The molecule has 20 heavy (non-hydrogen) atoms. The van der Waals surface area contributed by atoms with Crippen LogP contribution in [0.4, 0.5) is 0 Å². The number of thiazole rings is 1. The Kier molecular flexibility index (Phi) is 3.80. The predicted octanol–water partition coefficient (Wildman–Crippen LogP) is 2.39. The number of rotatable bonds is 5. The molecule has 104 valence electrons. The van der Waals surface area contributed by atoms with Gasteiger partial charge in [-0.1, -0.05) is 29.8 Å². The first-order valence-electron chi connectivity index (χ1n) is 6.84. The Hall–Kier alpha value is -1.72. The van der Waals surface area contributed by atoms with Crippen molar-refractivity contribution in [1.82, 2.24) is 14.6 Å². The summed E-state index contributed by atoms with van der Waals surface area (Å²) in [6, 6.07) is 8.64. The van der Waals surface area contributed by atoms with Crippen LogP contribution in [-0.2, 0) is 19.3 Å². The molecule has 1 aromatic carbocycles. The molecule has 3 rings (SSSR count). The SMILES string of the molecule is Cc1ccc(CCc2nc3scc(CCN)n3n2)cc1. The van der Waals surface area contributed by atoms with Crippen LogP contribution in [0.15, 0.2) is 29.6 Å². The van der Waals surface area contributed by atoms with Crippen LogP contribution in [-0.4, -0.2) is 21.1 Å². The smallest absolute Gasteiger partial charge is 0.212 e. The normalized spacial score (nSPS) is 11.3. The average Bonchev–Trinajstić information content (AvgIpc) is 3.00. The summed E-state index contributed by atoms with van der Waals surface area (Å²) in [4.78, 5) is 5.54. The van der Waals surface area contributed by atoms with Crippen LogP contribution in [0.2, 0.25) is 0 Å². The summed E-state index contributed by atoms with van der Waals surface area (Å²) in [5.41, 5.74) is 9.38. The van der Waals surface area contributed by atoms with Crippen LogP contribution in [0.1, 0.15) is 22.6 Å². The van der Waals surface area contributed by atoms with E-state index in [-0.39, 0.29) is 0 Å². The summed E-state index contributed by atoms with van der Waals surface area (Å²) in [5.74, 6) is 0.913. The van der Waals surface area contributed by atoms with Gasteiger partial charge in [-0.25, -0.2) is 9.50 Å². The maximum atomic E-state index is 5.61. The third kappa shape index (κ3) is 2.73. The van der Waals surface area contributed by atoms with Crippen molar-refractivity contribution in [2.75, 3.05) is 6.54 Å². The van der Waals surface area contributed by atoms with Gasteiger partial charge in [0, 0.05) is 18.2 Å². The molecule has 5 heteroatoms. The van der Waals surface area contributed by atoms with Crippen molar-refractivity contribution in [2.45, 2.75) is 26.2 Å². The van der Waals surface area contributed by atoms with E-state index >= 15 is 0 Å². The third-order valence-electron chi connectivity index (χ3n) is 3.35. The molecule has 2 aromatic heterocycles. The van der Waals surface area contributed by atoms with Crippen LogP contribution in [0.5, 0.6) is 0 Å². The number of nitrogens with two attached hydrogens (primary N) is 1. The van der Waals surface area contributed by atoms with Gasteiger partial charge in [0.1, 0.15) is 0 Å². The molecule has 0 aliphatic rings. The first-order valence-corrected chi connectivity index (χ1v) is 7.72. The molecule has 2 N–H and O–H groups in total. The molecular formula is C15H18N4S. The Labute approximate surface area is 122 Å². The number of aromatic nitrogens is 3. The molecule has 0 amide bonds. The summed E-state index contributed by atoms with van der Waals surface area (Å²) in [6.45, 7) is 2.75. The molecule has 4 nitrogen and oxygen atoms in total. The highest BCUT2D eigenvalue weighted by Crippen LogP contribution is 2.15. The number of hydrogen-bond donors (Lipinski definition) is 1. The minimum absolute atomic E-state index is 0.643. The van der Waals surface area contributed by atoms with E-state index in [2.05, 4.69) is 46.7 Å². The van der Waals surface area contributed by atoms with Crippen LogP contribution < -0.4 is 5.73 Å². The molecule has 3 aromatic rings. The van der Waals surface area contributed by atoms with Gasteiger partial charge < -0.3 is 5.73 Å². The Morgan fingerprint density at radius 1 is 1.15 bits per heavy atom. The lowest BCUT2D eigenvalue weighted by Crippen LogP contribution is -2.05. The van der Waals surface area contributed by atoms with Crippen molar-refractivity contribution < 1.29 is 0 Å². The highest BCUT2D eigenvalue weighted by Gasteiger charge is 2.09. The summed E-state index contributed by atoms with van der Waals surface area (Å²) in [7, 11) is 0. The van der Waals surface area contributed by atoms with E-state index in [0.29, 0.717) is 6.54 Å². The largest absolute Gasteiger partial charge is 0.330 e. The van der Waals surface area contributed by atoms with Gasteiger partial charge in [-0.3, -0.25) is 0 Å². The minimum Gasteiger partial charge on any atom is -0.330 e. The van der Waals surface area contributed by atoms with Crippen molar-refractivity contribution >= 4 is 16.3 Å². The lowest BCUT2D eigenvalue weighted by molar-refractivity contribution is 0.797. The molecule has 0 fully saturated rings. The number of fused-ring (bicyclic) bond motifs is 1. The lowest BCUT2D eigenvalue weighted by Gasteiger charge is -1.99. The van der Waals surface area contributed by atoms with Crippen LogP contribution in [0.3, 0.4) is 0 Å². The Morgan fingerprint density at radius 3 is 2.70 bits per heavy atom. The van der Waals surface area contributed by atoms with E-state index in [1.165, 1.54) is 11.1 Å². The fraction of sp³-hybridized carbons (Fsp3) is 0.333. The first-order chi connectivity index (χ1) is 9.76. The highest BCUT2D eigenvalue weighted by molar-refractivity contribution is 7.15. The number of benzene rings is 1. The number of hydrogen-bond acceptors (Lipinski definition) is 4. The molecule has 0 spiro atoms. The van der Waals surface area contributed by atoms with Crippen molar-refractivity contribution in [3.05, 3.63) is 52.3 Å². The molecule has 0 radical (unpaired) electrons. The van der Waals surface area contributed by atoms with E-state index in [9.17, 15) is 0 Å². The summed E-state index contributed by atoms with van der Waals surface area (Å²) < 4.78 is 1.93. The van der Waals surface area contributed by atoms with Crippen molar-refractivity contribution in [3.8, 4) is 0 Å². The van der Waals surface area contributed by atoms with E-state index in [0.717, 1.165) is 35.7 Å². The molecular weight excluding hydrogens is 268 g/mol. The van der Waals surface area contributed by atoms with Gasteiger partial charge in [-0.05, 0) is 25.5 Å². The van der Waals surface area contributed by atoms with Gasteiger partial charge >= 0.3 is 0 Å². The molecule has 2 heterocycles. The second-order valence-corrected chi connectivity index (χ2v) is 5.81. The molecule has 0 bridgehead atoms. The zero-order valence-electron chi connectivity index (χ0n) is 11.5. The quantitative estimate of drug-likeness (QED) is 0.783. The van der Waals surface area contributed by atoms with Gasteiger partial charge in [-0.15, -0.1) is 11.3 Å².